The van der Waals surface area contributed by atoms with E-state index in [1.807, 2.05) is 39.8 Å². The highest BCUT2D eigenvalue weighted by Gasteiger charge is 2.50. The zero-order valence-electron chi connectivity index (χ0n) is 19.3. The van der Waals surface area contributed by atoms with E-state index in [4.69, 9.17) is 27.9 Å². The van der Waals surface area contributed by atoms with Gasteiger partial charge in [0.15, 0.2) is 0 Å². The first kappa shape index (κ1) is 25.3. The lowest BCUT2D eigenvalue weighted by molar-refractivity contribution is -0.155. The molecule has 2 atom stereocenters. The zero-order chi connectivity index (χ0) is 24.4. The zero-order valence-corrected chi connectivity index (χ0v) is 20.8. The molecule has 1 fully saturated rings. The lowest BCUT2D eigenvalue weighted by Gasteiger charge is -2.51. The van der Waals surface area contributed by atoms with Gasteiger partial charge in [0.05, 0.1) is 5.60 Å². The smallest absolute Gasteiger partial charge is 0.410 e. The van der Waals surface area contributed by atoms with Gasteiger partial charge in [-0.15, -0.1) is 0 Å². The topological polar surface area (TPSA) is 78.9 Å². The van der Waals surface area contributed by atoms with Crippen molar-refractivity contribution in [2.75, 3.05) is 13.1 Å². The summed E-state index contributed by atoms with van der Waals surface area (Å²) in [7, 11) is 0. The molecule has 1 heterocycles. The van der Waals surface area contributed by atoms with Crippen molar-refractivity contribution < 1.29 is 19.4 Å². The second-order valence-corrected chi connectivity index (χ2v) is 10.3. The van der Waals surface area contributed by atoms with Crippen LogP contribution in [0.15, 0.2) is 48.5 Å². The summed E-state index contributed by atoms with van der Waals surface area (Å²) in [6.45, 7) is 8.30. The molecule has 8 heteroatoms. The summed E-state index contributed by atoms with van der Waals surface area (Å²) in [6, 6.07) is 12.8. The second kappa shape index (κ2) is 9.92. The molecular weight excluding hydrogens is 463 g/mol. The van der Waals surface area contributed by atoms with E-state index in [9.17, 15) is 14.7 Å². The average molecular weight is 493 g/mol. The van der Waals surface area contributed by atoms with Crippen molar-refractivity contribution in [1.29, 1.82) is 0 Å². The molecule has 0 aliphatic carbocycles. The molecule has 1 saturated heterocycles. The molecule has 0 bridgehead atoms. The van der Waals surface area contributed by atoms with E-state index in [1.165, 1.54) is 0 Å². The molecule has 33 heavy (non-hydrogen) atoms. The largest absolute Gasteiger partial charge is 0.413 e. The monoisotopic (exact) mass is 492 g/mol. The number of carbonyl (C=O) groups excluding carboxylic acids is 2. The predicted molar refractivity (Wildman–Crippen MR) is 130 cm³/mol. The molecule has 1 aliphatic rings. The van der Waals surface area contributed by atoms with Gasteiger partial charge in [0.2, 0.25) is 5.91 Å². The molecule has 3 rings (SSSR count). The molecule has 2 aromatic rings. The van der Waals surface area contributed by atoms with Gasteiger partial charge in [0.25, 0.3) is 0 Å². The van der Waals surface area contributed by atoms with Crippen molar-refractivity contribution in [2.24, 2.45) is 11.3 Å². The Morgan fingerprint density at radius 1 is 1.03 bits per heavy atom. The summed E-state index contributed by atoms with van der Waals surface area (Å²) in [4.78, 5) is 27.6. The summed E-state index contributed by atoms with van der Waals surface area (Å²) >= 11 is 11.9. The Balaban J connectivity index is 1.71. The molecule has 0 radical (unpaired) electrons. The molecule has 2 N–H and O–H groups in total. The molecule has 0 spiro atoms. The van der Waals surface area contributed by atoms with Crippen LogP contribution in [0.2, 0.25) is 10.0 Å². The SMILES string of the molecule is CC(C)[C@@H](NC(=O)Oc1ccc(Cl)cc1)C(=O)N1CC[C@](O)(c2ccc(Cl)cc2)C(C)(C)C1. The van der Waals surface area contributed by atoms with Gasteiger partial charge in [-0.05, 0) is 54.3 Å². The lowest BCUT2D eigenvalue weighted by atomic mass is 9.66. The van der Waals surface area contributed by atoms with E-state index in [0.29, 0.717) is 35.3 Å². The molecule has 0 unspecified atom stereocenters. The van der Waals surface area contributed by atoms with Gasteiger partial charge < -0.3 is 20.1 Å². The summed E-state index contributed by atoms with van der Waals surface area (Å²) in [6.07, 6.45) is -0.341. The summed E-state index contributed by atoms with van der Waals surface area (Å²) in [5, 5.41) is 15.4. The minimum absolute atomic E-state index is 0.157. The normalized spacial score (nSPS) is 20.9. The third kappa shape index (κ3) is 5.62. The van der Waals surface area contributed by atoms with Crippen molar-refractivity contribution in [3.63, 3.8) is 0 Å². The minimum atomic E-state index is -1.11. The first-order valence-electron chi connectivity index (χ1n) is 10.9. The van der Waals surface area contributed by atoms with Crippen LogP contribution in [-0.4, -0.2) is 41.1 Å². The van der Waals surface area contributed by atoms with Crippen LogP contribution < -0.4 is 10.1 Å². The quantitative estimate of drug-likeness (QED) is 0.596. The molecular formula is C25H30Cl2N2O4. The average Bonchev–Trinajstić information content (AvgIpc) is 2.75. The number of piperidine rings is 1. The fraction of sp³-hybridized carbons (Fsp3) is 0.440. The minimum Gasteiger partial charge on any atom is -0.410 e. The van der Waals surface area contributed by atoms with Gasteiger partial charge in [-0.25, -0.2) is 4.79 Å². The summed E-state index contributed by atoms with van der Waals surface area (Å²) < 4.78 is 5.30. The Hall–Kier alpha value is -2.28. The fourth-order valence-corrected chi connectivity index (χ4v) is 4.50. The Kier molecular flexibility index (Phi) is 7.62. The van der Waals surface area contributed by atoms with E-state index in [2.05, 4.69) is 5.32 Å². The third-order valence-corrected chi connectivity index (χ3v) is 6.82. The number of halogens is 2. The molecule has 2 amide bonds. The van der Waals surface area contributed by atoms with E-state index >= 15 is 0 Å². The number of nitrogens with one attached hydrogen (secondary N) is 1. The number of carbonyl (C=O) groups is 2. The first-order valence-corrected chi connectivity index (χ1v) is 11.7. The molecule has 6 nitrogen and oxygen atoms in total. The van der Waals surface area contributed by atoms with Crippen LogP contribution >= 0.6 is 23.2 Å². The highest BCUT2D eigenvalue weighted by Crippen LogP contribution is 2.46. The number of hydrogen-bond donors (Lipinski definition) is 2. The summed E-state index contributed by atoms with van der Waals surface area (Å²) in [5.41, 5.74) is -0.961. The first-order chi connectivity index (χ1) is 15.4. The Morgan fingerprint density at radius 3 is 2.09 bits per heavy atom. The van der Waals surface area contributed by atoms with E-state index in [1.54, 1.807) is 41.3 Å². The molecule has 2 aromatic carbocycles. The highest BCUT2D eigenvalue weighted by molar-refractivity contribution is 6.30. The number of aliphatic hydroxyl groups is 1. The van der Waals surface area contributed by atoms with Gasteiger partial charge >= 0.3 is 6.09 Å². The van der Waals surface area contributed by atoms with Gasteiger partial charge in [-0.3, -0.25) is 4.79 Å². The number of benzene rings is 2. The number of likely N-dealkylation sites (tertiary alicyclic amines) is 1. The van der Waals surface area contributed by atoms with Crippen LogP contribution in [0, 0.1) is 11.3 Å². The van der Waals surface area contributed by atoms with Gasteiger partial charge in [-0.1, -0.05) is 63.0 Å². The van der Waals surface area contributed by atoms with Crippen molar-refractivity contribution in [3.05, 3.63) is 64.1 Å². The maximum atomic E-state index is 13.4. The van der Waals surface area contributed by atoms with E-state index < -0.39 is 23.2 Å². The maximum Gasteiger partial charge on any atom is 0.413 e. The maximum absolute atomic E-state index is 13.4. The third-order valence-electron chi connectivity index (χ3n) is 6.31. The Bertz CT molecular complexity index is 992. The van der Waals surface area contributed by atoms with Crippen LogP contribution in [0.4, 0.5) is 4.79 Å². The van der Waals surface area contributed by atoms with Crippen LogP contribution in [0.25, 0.3) is 0 Å². The molecule has 178 valence electrons. The number of rotatable bonds is 5. The van der Waals surface area contributed by atoms with Crippen molar-refractivity contribution in [3.8, 4) is 5.75 Å². The van der Waals surface area contributed by atoms with Crippen LogP contribution in [0.3, 0.4) is 0 Å². The second-order valence-electron chi connectivity index (χ2n) is 9.47. The van der Waals surface area contributed by atoms with E-state index in [-0.39, 0.29) is 11.8 Å². The van der Waals surface area contributed by atoms with Crippen molar-refractivity contribution in [2.45, 2.75) is 45.8 Å². The summed E-state index contributed by atoms with van der Waals surface area (Å²) in [5.74, 6) is -0.0290. The van der Waals surface area contributed by atoms with Crippen molar-refractivity contribution in [1.82, 2.24) is 10.2 Å². The number of nitrogens with zero attached hydrogens (tertiary/aromatic N) is 1. The Morgan fingerprint density at radius 2 is 1.58 bits per heavy atom. The standard InChI is InChI=1S/C25H30Cl2N2O4/c1-16(2)21(28-23(31)33-20-11-9-19(27)10-12-20)22(30)29-14-13-25(32,24(3,4)15-29)17-5-7-18(26)8-6-17/h5-12,16,21,32H,13-15H2,1-4H3,(H,28,31)/t21-,25+/m1/s1. The fourth-order valence-electron chi connectivity index (χ4n) is 4.25. The number of hydrogen-bond acceptors (Lipinski definition) is 4. The molecule has 0 saturated carbocycles. The molecule has 1 aliphatic heterocycles. The number of ether oxygens (including phenoxy) is 1. The van der Waals surface area contributed by atoms with Gasteiger partial charge in [0.1, 0.15) is 11.8 Å². The molecule has 0 aromatic heterocycles. The Labute approximate surface area is 204 Å². The van der Waals surface area contributed by atoms with Crippen molar-refractivity contribution >= 4 is 35.2 Å². The lowest BCUT2D eigenvalue weighted by Crippen LogP contribution is -2.60. The predicted octanol–water partition coefficient (Wildman–Crippen LogP) is 5.25. The number of amides is 2. The van der Waals surface area contributed by atoms with Crippen LogP contribution in [0.5, 0.6) is 5.75 Å². The van der Waals surface area contributed by atoms with Crippen LogP contribution in [0.1, 0.15) is 39.7 Å². The van der Waals surface area contributed by atoms with Gasteiger partial charge in [-0.2, -0.15) is 0 Å². The van der Waals surface area contributed by atoms with E-state index in [0.717, 1.165) is 5.56 Å². The van der Waals surface area contributed by atoms with Crippen LogP contribution in [-0.2, 0) is 10.4 Å². The highest BCUT2D eigenvalue weighted by atomic mass is 35.5. The van der Waals surface area contributed by atoms with Gasteiger partial charge in [0, 0.05) is 28.5 Å².